The van der Waals surface area contributed by atoms with Crippen LogP contribution in [-0.4, -0.2) is 88.5 Å². The van der Waals surface area contributed by atoms with Gasteiger partial charge in [-0.3, -0.25) is 9.59 Å². The van der Waals surface area contributed by atoms with E-state index in [0.717, 1.165) is 11.1 Å². The normalized spacial score (nSPS) is 12.6. The van der Waals surface area contributed by atoms with Crippen molar-refractivity contribution in [3.05, 3.63) is 71.5 Å². The minimum absolute atomic E-state index is 0.0837. The molecule has 3 rings (SSSR count). The number of aliphatic hydroxyl groups is 1. The molecule has 0 radical (unpaired) electrons. The molecule has 0 saturated carbocycles. The number of carbonyl (C=O) groups excluding carboxylic acids is 2. The largest absolute Gasteiger partial charge is 0.395 e. The van der Waals surface area contributed by atoms with Gasteiger partial charge in [-0.25, -0.2) is 13.1 Å². The zero-order valence-corrected chi connectivity index (χ0v) is 25.7. The van der Waals surface area contributed by atoms with E-state index in [1.807, 2.05) is 30.3 Å². The molecular formula is C29H41N7O6S. The number of aryl methyl sites for hydroxylation is 1. The van der Waals surface area contributed by atoms with Gasteiger partial charge in [0.05, 0.1) is 36.0 Å². The number of benzene rings is 2. The van der Waals surface area contributed by atoms with E-state index in [-0.39, 0.29) is 35.5 Å². The summed E-state index contributed by atoms with van der Waals surface area (Å²) in [5, 5.41) is 23.9. The minimum atomic E-state index is -3.55. The van der Waals surface area contributed by atoms with Gasteiger partial charge < -0.3 is 25.8 Å². The van der Waals surface area contributed by atoms with Gasteiger partial charge in [0.1, 0.15) is 6.04 Å². The molecule has 0 unspecified atom stereocenters. The van der Waals surface area contributed by atoms with Crippen LogP contribution >= 0.6 is 0 Å². The van der Waals surface area contributed by atoms with Gasteiger partial charge in [-0.2, -0.15) is 0 Å². The molecule has 0 saturated heterocycles. The Bertz CT molecular complexity index is 1440. The Morgan fingerprint density at radius 1 is 1.14 bits per heavy atom. The second-order valence-electron chi connectivity index (χ2n) is 10.9. The Hall–Kier alpha value is -3.72. The van der Waals surface area contributed by atoms with Gasteiger partial charge in [-0.1, -0.05) is 42.5 Å². The van der Waals surface area contributed by atoms with Crippen LogP contribution in [-0.2, 0) is 43.7 Å². The lowest BCUT2D eigenvalue weighted by Crippen LogP contribution is -2.51. The lowest BCUT2D eigenvalue weighted by Gasteiger charge is -2.24. The summed E-state index contributed by atoms with van der Waals surface area (Å²) in [4.78, 5) is 27.2. The molecule has 3 aromatic rings. The maximum Gasteiger partial charge on any atom is 0.240 e. The van der Waals surface area contributed by atoms with E-state index in [9.17, 15) is 18.0 Å². The van der Waals surface area contributed by atoms with E-state index in [0.29, 0.717) is 38.4 Å². The maximum absolute atomic E-state index is 12.8. The summed E-state index contributed by atoms with van der Waals surface area (Å²) in [7, 11) is -1.85. The van der Waals surface area contributed by atoms with Gasteiger partial charge in [0, 0.05) is 26.6 Å². The van der Waals surface area contributed by atoms with E-state index in [1.54, 1.807) is 48.7 Å². The molecule has 14 heteroatoms. The van der Waals surface area contributed by atoms with Crippen molar-refractivity contribution in [3.8, 4) is 0 Å². The number of amides is 2. The number of nitrogens with one attached hydrogen (secondary N) is 1. The number of rotatable bonds is 17. The summed E-state index contributed by atoms with van der Waals surface area (Å²) in [6.07, 6.45) is 1.16. The monoisotopic (exact) mass is 615 g/mol. The first-order valence-electron chi connectivity index (χ1n) is 14.0. The molecule has 0 bridgehead atoms. The van der Waals surface area contributed by atoms with E-state index in [1.165, 1.54) is 6.07 Å². The molecule has 0 fully saturated rings. The summed E-state index contributed by atoms with van der Waals surface area (Å²) < 4.78 is 31.9. The lowest BCUT2D eigenvalue weighted by atomic mass is 10.1. The Morgan fingerprint density at radius 2 is 1.86 bits per heavy atom. The van der Waals surface area contributed by atoms with E-state index in [4.69, 9.17) is 15.6 Å². The number of tetrazole rings is 1. The molecule has 13 nitrogen and oxygen atoms in total. The van der Waals surface area contributed by atoms with Crippen molar-refractivity contribution < 1.29 is 27.9 Å². The molecular weight excluding hydrogens is 574 g/mol. The topological polar surface area (TPSA) is 183 Å². The summed E-state index contributed by atoms with van der Waals surface area (Å²) >= 11 is 0. The first kappa shape index (κ1) is 33.8. The summed E-state index contributed by atoms with van der Waals surface area (Å²) in [6.45, 7) is 3.95. The van der Waals surface area contributed by atoms with Gasteiger partial charge in [-0.15, -0.1) is 5.10 Å². The highest BCUT2D eigenvalue weighted by molar-refractivity contribution is 7.91. The average Bonchev–Trinajstić information content (AvgIpc) is 3.44. The fourth-order valence-electron chi connectivity index (χ4n) is 4.14. The number of aliphatic hydroxyl groups excluding tert-OH is 1. The first-order valence-corrected chi connectivity index (χ1v) is 15.7. The number of ether oxygens (including phenoxy) is 1. The van der Waals surface area contributed by atoms with Crippen molar-refractivity contribution in [2.24, 2.45) is 5.73 Å². The highest BCUT2D eigenvalue weighted by Crippen LogP contribution is 2.16. The number of nitrogens with two attached hydrogens (primary N) is 1. The minimum Gasteiger partial charge on any atom is -0.395 e. The number of hydrogen-bond donors (Lipinski definition) is 3. The van der Waals surface area contributed by atoms with E-state index < -0.39 is 28.0 Å². The second-order valence-corrected chi connectivity index (χ2v) is 13.0. The molecule has 0 aliphatic carbocycles. The van der Waals surface area contributed by atoms with Crippen molar-refractivity contribution in [2.75, 3.05) is 32.6 Å². The first-order chi connectivity index (χ1) is 20.4. The highest BCUT2D eigenvalue weighted by atomic mass is 32.2. The summed E-state index contributed by atoms with van der Waals surface area (Å²) in [6, 6.07) is 15.5. The van der Waals surface area contributed by atoms with Crippen molar-refractivity contribution in [2.45, 2.75) is 62.7 Å². The zero-order chi connectivity index (χ0) is 31.5. The van der Waals surface area contributed by atoms with Crippen LogP contribution < -0.4 is 11.1 Å². The quantitative estimate of drug-likeness (QED) is 0.198. The number of nitrogens with zero attached hydrogens (tertiary/aromatic N) is 5. The van der Waals surface area contributed by atoms with Crippen molar-refractivity contribution in [1.29, 1.82) is 0 Å². The van der Waals surface area contributed by atoms with Crippen LogP contribution in [0.1, 0.15) is 49.7 Å². The number of hydrogen-bond acceptors (Lipinski definition) is 10. The predicted octanol–water partition coefficient (Wildman–Crippen LogP) is 1.03. The molecule has 1 aromatic heterocycles. The van der Waals surface area contributed by atoms with Crippen LogP contribution in [0.2, 0.25) is 0 Å². The number of likely N-dealkylation sites (N-methyl/N-ethyl adjacent to an activating group) is 1. The van der Waals surface area contributed by atoms with Gasteiger partial charge in [0.25, 0.3) is 0 Å². The molecule has 0 aliphatic rings. The van der Waals surface area contributed by atoms with Crippen LogP contribution in [0.25, 0.3) is 0 Å². The van der Waals surface area contributed by atoms with Gasteiger partial charge >= 0.3 is 0 Å². The summed E-state index contributed by atoms with van der Waals surface area (Å²) in [5.74, 6) is -0.415. The fraction of sp³-hybridized carbons (Fsp3) is 0.483. The molecule has 1 atom stereocenters. The molecule has 1 heterocycles. The SMILES string of the molecule is CN(CCc1cccc(S(=O)(=O)CCO)c1)C(=O)CCCn1nnnc1[C@@H](COCc1ccccc1)NC(=O)C(C)(C)N. The highest BCUT2D eigenvalue weighted by Gasteiger charge is 2.28. The standard InChI is InChI=1S/C29H41N7O6S/c1-29(2,30)28(39)31-25(21-42-20-23-9-5-4-6-10-23)27-32-33-34-36(27)15-8-13-26(38)35(3)16-14-22-11-7-12-24(19-22)43(40,41)18-17-37/h4-7,9-12,19,25,37H,8,13-18,20-21,30H2,1-3H3,(H,31,39)/t25-/m1/s1. The van der Waals surface area contributed by atoms with Gasteiger partial charge in [-0.05, 0) is 60.4 Å². The van der Waals surface area contributed by atoms with E-state index >= 15 is 0 Å². The third-order valence-electron chi connectivity index (χ3n) is 6.70. The number of carbonyl (C=O) groups is 2. The smallest absolute Gasteiger partial charge is 0.240 e. The molecule has 2 amide bonds. The van der Waals surface area contributed by atoms with Crippen LogP contribution in [0.5, 0.6) is 0 Å². The van der Waals surface area contributed by atoms with E-state index in [2.05, 4.69) is 20.8 Å². The third kappa shape index (κ3) is 10.5. The average molecular weight is 616 g/mol. The van der Waals surface area contributed by atoms with Gasteiger partial charge in [0.2, 0.25) is 11.8 Å². The van der Waals surface area contributed by atoms with Crippen LogP contribution in [0.4, 0.5) is 0 Å². The Kier molecular flexibility index (Phi) is 12.3. The predicted molar refractivity (Wildman–Crippen MR) is 159 cm³/mol. The molecule has 43 heavy (non-hydrogen) atoms. The fourth-order valence-corrected chi connectivity index (χ4v) is 5.23. The van der Waals surface area contributed by atoms with Crippen molar-refractivity contribution in [3.63, 3.8) is 0 Å². The van der Waals surface area contributed by atoms with Crippen LogP contribution in [0, 0.1) is 0 Å². The molecule has 4 N–H and O–H groups in total. The number of sulfone groups is 1. The summed E-state index contributed by atoms with van der Waals surface area (Å²) in [5.41, 5.74) is 6.63. The third-order valence-corrected chi connectivity index (χ3v) is 8.39. The lowest BCUT2D eigenvalue weighted by molar-refractivity contribution is -0.130. The van der Waals surface area contributed by atoms with Crippen LogP contribution in [0.15, 0.2) is 59.5 Å². The number of aromatic nitrogens is 4. The molecule has 234 valence electrons. The maximum atomic E-state index is 12.8. The van der Waals surface area contributed by atoms with Crippen molar-refractivity contribution >= 4 is 21.7 Å². The Balaban J connectivity index is 1.55. The Labute approximate surface area is 252 Å². The van der Waals surface area contributed by atoms with Crippen molar-refractivity contribution in [1.82, 2.24) is 30.4 Å². The van der Waals surface area contributed by atoms with Crippen LogP contribution in [0.3, 0.4) is 0 Å². The zero-order valence-electron chi connectivity index (χ0n) is 24.8. The molecule has 2 aromatic carbocycles. The Morgan fingerprint density at radius 3 is 2.56 bits per heavy atom. The van der Waals surface area contributed by atoms with Gasteiger partial charge in [0.15, 0.2) is 15.7 Å². The second kappa shape index (κ2) is 15.7. The molecule has 0 spiro atoms. The molecule has 0 aliphatic heterocycles.